The predicted molar refractivity (Wildman–Crippen MR) is 97.9 cm³/mol. The molecule has 0 unspecified atom stereocenters. The number of benzene rings is 1. The highest BCUT2D eigenvalue weighted by Gasteiger charge is 2.28. The lowest BCUT2D eigenvalue weighted by molar-refractivity contribution is -0.126. The van der Waals surface area contributed by atoms with Crippen molar-refractivity contribution in [3.8, 4) is 11.5 Å². The second kappa shape index (κ2) is 7.98. The van der Waals surface area contributed by atoms with Gasteiger partial charge in [0.05, 0.1) is 13.0 Å². The molecule has 1 amide bonds. The molecule has 2 aliphatic rings. The average molecular weight is 371 g/mol. The maximum absolute atomic E-state index is 12.5. The molecule has 1 atom stereocenters. The van der Waals surface area contributed by atoms with Crippen LogP contribution < -0.4 is 14.8 Å². The summed E-state index contributed by atoms with van der Waals surface area (Å²) >= 11 is 0. The van der Waals surface area contributed by atoms with Gasteiger partial charge in [0.25, 0.3) is 0 Å². The molecule has 0 saturated heterocycles. The van der Waals surface area contributed by atoms with E-state index >= 15 is 0 Å². The first-order valence-electron chi connectivity index (χ1n) is 9.63. The summed E-state index contributed by atoms with van der Waals surface area (Å²) < 4.78 is 16.5. The molecule has 1 aromatic carbocycles. The number of nitrogens with one attached hydrogen (secondary N) is 1. The molecule has 1 saturated carbocycles. The van der Waals surface area contributed by atoms with E-state index in [9.17, 15) is 4.79 Å². The maximum atomic E-state index is 12.5. The average Bonchev–Trinajstić information content (AvgIpc) is 3.38. The van der Waals surface area contributed by atoms with Gasteiger partial charge in [-0.05, 0) is 30.9 Å². The molecule has 4 rings (SSSR count). The number of nitrogens with zero attached hydrogens (tertiary/aromatic N) is 2. The van der Waals surface area contributed by atoms with Crippen LogP contribution in [0.15, 0.2) is 22.7 Å². The lowest BCUT2D eigenvalue weighted by Gasteiger charge is -2.25. The summed E-state index contributed by atoms with van der Waals surface area (Å²) in [6, 6.07) is 5.75. The van der Waals surface area contributed by atoms with Gasteiger partial charge in [-0.1, -0.05) is 30.1 Å². The van der Waals surface area contributed by atoms with E-state index in [2.05, 4.69) is 15.5 Å². The second-order valence-electron chi connectivity index (χ2n) is 7.23. The van der Waals surface area contributed by atoms with Crippen molar-refractivity contribution in [1.29, 1.82) is 0 Å². The van der Waals surface area contributed by atoms with Crippen LogP contribution in [-0.4, -0.2) is 36.3 Å². The van der Waals surface area contributed by atoms with E-state index in [4.69, 9.17) is 14.0 Å². The van der Waals surface area contributed by atoms with E-state index in [1.165, 1.54) is 12.8 Å². The molecular formula is C20H25N3O4. The van der Waals surface area contributed by atoms with E-state index in [1.807, 2.05) is 18.2 Å². The van der Waals surface area contributed by atoms with Crippen LogP contribution in [0.25, 0.3) is 0 Å². The van der Waals surface area contributed by atoms with Crippen molar-refractivity contribution in [3.63, 3.8) is 0 Å². The van der Waals surface area contributed by atoms with Crippen LogP contribution in [0.1, 0.15) is 48.9 Å². The SMILES string of the molecule is COc1cccc2c1OC[C@@H](C(=O)NCCc1noc(C3CCCC3)n1)C2. The van der Waals surface area contributed by atoms with E-state index in [-0.39, 0.29) is 11.8 Å². The van der Waals surface area contributed by atoms with Crippen molar-refractivity contribution in [1.82, 2.24) is 15.5 Å². The first-order chi connectivity index (χ1) is 13.2. The molecule has 144 valence electrons. The van der Waals surface area contributed by atoms with Gasteiger partial charge in [0.1, 0.15) is 6.61 Å². The highest BCUT2D eigenvalue weighted by Crippen LogP contribution is 2.36. The Labute approximate surface area is 158 Å². The zero-order valence-corrected chi connectivity index (χ0v) is 15.6. The van der Waals surface area contributed by atoms with Crippen molar-refractivity contribution in [3.05, 3.63) is 35.5 Å². The summed E-state index contributed by atoms with van der Waals surface area (Å²) in [5.41, 5.74) is 1.00. The molecule has 0 radical (unpaired) electrons. The Morgan fingerprint density at radius 3 is 3.00 bits per heavy atom. The number of methoxy groups -OCH3 is 1. The number of para-hydroxylation sites is 1. The van der Waals surface area contributed by atoms with Gasteiger partial charge < -0.3 is 19.3 Å². The van der Waals surface area contributed by atoms with Crippen molar-refractivity contribution >= 4 is 5.91 Å². The summed E-state index contributed by atoms with van der Waals surface area (Å²) in [5, 5.41) is 7.01. The summed E-state index contributed by atoms with van der Waals surface area (Å²) in [5.74, 6) is 3.06. The lowest BCUT2D eigenvalue weighted by atomic mass is 9.95. The smallest absolute Gasteiger partial charge is 0.229 e. The molecule has 1 N–H and O–H groups in total. The van der Waals surface area contributed by atoms with Gasteiger partial charge in [-0.2, -0.15) is 4.98 Å². The molecule has 1 fully saturated rings. The van der Waals surface area contributed by atoms with Gasteiger partial charge in [-0.15, -0.1) is 0 Å². The molecule has 2 heterocycles. The van der Waals surface area contributed by atoms with E-state index in [0.29, 0.717) is 43.5 Å². The molecule has 0 spiro atoms. The quantitative estimate of drug-likeness (QED) is 0.840. The Kier molecular flexibility index (Phi) is 5.27. The van der Waals surface area contributed by atoms with Crippen LogP contribution in [0.2, 0.25) is 0 Å². The summed E-state index contributed by atoms with van der Waals surface area (Å²) in [7, 11) is 1.62. The highest BCUT2D eigenvalue weighted by atomic mass is 16.5. The first kappa shape index (κ1) is 17.8. The van der Waals surface area contributed by atoms with E-state index < -0.39 is 0 Å². The number of aromatic nitrogens is 2. The minimum absolute atomic E-state index is 0.0111. The third-order valence-corrected chi connectivity index (χ3v) is 5.38. The zero-order valence-electron chi connectivity index (χ0n) is 15.6. The fraction of sp³-hybridized carbons (Fsp3) is 0.550. The number of hydrogen-bond donors (Lipinski definition) is 1. The van der Waals surface area contributed by atoms with Crippen LogP contribution in [0, 0.1) is 5.92 Å². The fourth-order valence-electron chi connectivity index (χ4n) is 3.87. The Morgan fingerprint density at radius 1 is 1.33 bits per heavy atom. The number of rotatable bonds is 6. The third-order valence-electron chi connectivity index (χ3n) is 5.38. The third kappa shape index (κ3) is 3.91. The largest absolute Gasteiger partial charge is 0.493 e. The van der Waals surface area contributed by atoms with Crippen LogP contribution >= 0.6 is 0 Å². The fourth-order valence-corrected chi connectivity index (χ4v) is 3.87. The Bertz CT molecular complexity index is 798. The first-order valence-corrected chi connectivity index (χ1v) is 9.63. The lowest BCUT2D eigenvalue weighted by Crippen LogP contribution is -2.38. The van der Waals surface area contributed by atoms with Crippen molar-refractivity contribution in [2.45, 2.75) is 44.4 Å². The van der Waals surface area contributed by atoms with Gasteiger partial charge in [-0.25, -0.2) is 0 Å². The Hall–Kier alpha value is -2.57. The van der Waals surface area contributed by atoms with Crippen LogP contribution in [0.5, 0.6) is 11.5 Å². The normalized spacial score (nSPS) is 19.4. The van der Waals surface area contributed by atoms with Gasteiger partial charge in [0.2, 0.25) is 11.8 Å². The number of fused-ring (bicyclic) bond motifs is 1. The molecule has 27 heavy (non-hydrogen) atoms. The minimum Gasteiger partial charge on any atom is -0.493 e. The van der Waals surface area contributed by atoms with E-state index in [1.54, 1.807) is 7.11 Å². The number of hydrogen-bond acceptors (Lipinski definition) is 6. The van der Waals surface area contributed by atoms with Gasteiger partial charge in [-0.3, -0.25) is 4.79 Å². The number of ether oxygens (including phenoxy) is 2. The van der Waals surface area contributed by atoms with Crippen molar-refractivity contribution in [2.24, 2.45) is 5.92 Å². The van der Waals surface area contributed by atoms with E-state index in [0.717, 1.165) is 30.0 Å². The Balaban J connectivity index is 1.27. The summed E-state index contributed by atoms with van der Waals surface area (Å²) in [6.07, 6.45) is 5.94. The number of amides is 1. The molecule has 2 aromatic rings. The summed E-state index contributed by atoms with van der Waals surface area (Å²) in [4.78, 5) is 17.0. The Morgan fingerprint density at radius 2 is 2.19 bits per heavy atom. The second-order valence-corrected chi connectivity index (χ2v) is 7.23. The topological polar surface area (TPSA) is 86.5 Å². The van der Waals surface area contributed by atoms with Crippen molar-refractivity contribution in [2.75, 3.05) is 20.3 Å². The minimum atomic E-state index is -0.205. The van der Waals surface area contributed by atoms with Gasteiger partial charge >= 0.3 is 0 Å². The maximum Gasteiger partial charge on any atom is 0.229 e. The number of carbonyl (C=O) groups is 1. The monoisotopic (exact) mass is 371 g/mol. The molecule has 1 aliphatic carbocycles. The predicted octanol–water partition coefficient (Wildman–Crippen LogP) is 2.65. The number of carbonyl (C=O) groups excluding carboxylic acids is 1. The van der Waals surface area contributed by atoms with Gasteiger partial charge in [0.15, 0.2) is 17.3 Å². The molecule has 1 aliphatic heterocycles. The molecular weight excluding hydrogens is 346 g/mol. The van der Waals surface area contributed by atoms with Crippen LogP contribution in [-0.2, 0) is 17.6 Å². The van der Waals surface area contributed by atoms with Crippen molar-refractivity contribution < 1.29 is 18.8 Å². The van der Waals surface area contributed by atoms with Crippen LogP contribution in [0.3, 0.4) is 0 Å². The van der Waals surface area contributed by atoms with Crippen LogP contribution in [0.4, 0.5) is 0 Å². The standard InChI is InChI=1S/C20H25N3O4/c1-25-16-8-4-7-14-11-15(12-26-18(14)16)19(24)21-10-9-17-22-20(27-23-17)13-5-2-3-6-13/h4,7-8,13,15H,2-3,5-6,9-12H2,1H3,(H,21,24)/t15-/m0/s1. The molecule has 7 nitrogen and oxygen atoms in total. The molecule has 0 bridgehead atoms. The molecule has 1 aromatic heterocycles. The zero-order chi connectivity index (χ0) is 18.6. The summed E-state index contributed by atoms with van der Waals surface area (Å²) in [6.45, 7) is 0.844. The van der Waals surface area contributed by atoms with Gasteiger partial charge in [0, 0.05) is 18.9 Å². The highest BCUT2D eigenvalue weighted by molar-refractivity contribution is 5.79. The molecule has 7 heteroatoms.